The third-order valence-electron chi connectivity index (χ3n) is 5.26. The molecule has 4 unspecified atom stereocenters. The maximum Gasteiger partial charge on any atom is 0.416 e. The Labute approximate surface area is 133 Å². The number of fused-ring (bicyclic) bond motifs is 2. The number of hydrogen-bond donors (Lipinski definition) is 2. The minimum absolute atomic E-state index is 0.0831. The number of benzene rings is 1. The molecule has 0 heterocycles. The van der Waals surface area contributed by atoms with E-state index in [-0.39, 0.29) is 12.1 Å². The van der Waals surface area contributed by atoms with Gasteiger partial charge < -0.3 is 10.6 Å². The normalized spacial score (nSPS) is 27.7. The predicted octanol–water partition coefficient (Wildman–Crippen LogP) is 4.65. The molecule has 0 radical (unpaired) electrons. The summed E-state index contributed by atoms with van der Waals surface area (Å²) in [7, 11) is 0. The average molecular weight is 326 g/mol. The molecule has 0 aromatic heterocycles. The highest BCUT2D eigenvalue weighted by Crippen LogP contribution is 2.49. The van der Waals surface area contributed by atoms with Gasteiger partial charge in [-0.1, -0.05) is 6.42 Å². The van der Waals surface area contributed by atoms with Crippen molar-refractivity contribution in [3.05, 3.63) is 29.8 Å². The number of amides is 2. The second-order valence-electron chi connectivity index (χ2n) is 6.80. The van der Waals surface area contributed by atoms with Crippen molar-refractivity contribution in [2.75, 3.05) is 5.32 Å². The molecule has 2 fully saturated rings. The van der Waals surface area contributed by atoms with Crippen LogP contribution in [0.15, 0.2) is 24.3 Å². The van der Waals surface area contributed by atoms with Crippen LogP contribution in [-0.2, 0) is 6.18 Å². The first-order valence-corrected chi connectivity index (χ1v) is 8.07. The topological polar surface area (TPSA) is 41.1 Å². The fourth-order valence-corrected chi connectivity index (χ4v) is 4.13. The molecule has 2 aliphatic rings. The van der Waals surface area contributed by atoms with Crippen LogP contribution in [0.2, 0.25) is 0 Å². The molecule has 2 bridgehead atoms. The van der Waals surface area contributed by atoms with Gasteiger partial charge in [0.15, 0.2) is 0 Å². The summed E-state index contributed by atoms with van der Waals surface area (Å²) in [6.45, 7) is 2.01. The monoisotopic (exact) mass is 326 g/mol. The van der Waals surface area contributed by atoms with Crippen LogP contribution >= 0.6 is 0 Å². The number of urea groups is 1. The third kappa shape index (κ3) is 3.62. The molecule has 6 heteroatoms. The summed E-state index contributed by atoms with van der Waals surface area (Å²) in [6, 6.07) is 4.19. The minimum atomic E-state index is -4.36. The molecular weight excluding hydrogens is 305 g/mol. The molecule has 2 amide bonds. The highest BCUT2D eigenvalue weighted by atomic mass is 19.4. The van der Waals surface area contributed by atoms with Crippen LogP contribution in [0.3, 0.4) is 0 Å². The minimum Gasteiger partial charge on any atom is -0.335 e. The predicted molar refractivity (Wildman–Crippen MR) is 82.0 cm³/mol. The fraction of sp³-hybridized carbons (Fsp3) is 0.588. The van der Waals surface area contributed by atoms with E-state index >= 15 is 0 Å². The van der Waals surface area contributed by atoms with Gasteiger partial charge in [-0.05, 0) is 68.2 Å². The summed E-state index contributed by atoms with van der Waals surface area (Å²) < 4.78 is 37.5. The summed E-state index contributed by atoms with van der Waals surface area (Å²) in [6.07, 6.45) is 0.647. The second-order valence-corrected chi connectivity index (χ2v) is 6.80. The Balaban J connectivity index is 1.53. The Kier molecular flexibility index (Phi) is 4.25. The van der Waals surface area contributed by atoms with Crippen molar-refractivity contribution < 1.29 is 18.0 Å². The molecule has 0 spiro atoms. The molecule has 4 atom stereocenters. The van der Waals surface area contributed by atoms with E-state index < -0.39 is 11.7 Å². The van der Waals surface area contributed by atoms with E-state index in [1.54, 1.807) is 0 Å². The Morgan fingerprint density at radius 1 is 1.17 bits per heavy atom. The van der Waals surface area contributed by atoms with Gasteiger partial charge in [-0.3, -0.25) is 0 Å². The first-order chi connectivity index (χ1) is 10.8. The summed E-state index contributed by atoms with van der Waals surface area (Å²) in [5.74, 6) is 2.04. The zero-order valence-electron chi connectivity index (χ0n) is 13.0. The Hall–Kier alpha value is -1.72. The van der Waals surface area contributed by atoms with Crippen molar-refractivity contribution in [2.24, 2.45) is 17.8 Å². The number of alkyl halides is 3. The summed E-state index contributed by atoms with van der Waals surface area (Å²) in [5.41, 5.74) is -0.366. The highest BCUT2D eigenvalue weighted by molar-refractivity contribution is 5.89. The Morgan fingerprint density at radius 3 is 2.39 bits per heavy atom. The largest absolute Gasteiger partial charge is 0.416 e. The quantitative estimate of drug-likeness (QED) is 0.834. The second kappa shape index (κ2) is 6.06. The molecule has 3 rings (SSSR count). The molecule has 2 aliphatic carbocycles. The summed E-state index contributed by atoms with van der Waals surface area (Å²) >= 11 is 0. The average Bonchev–Trinajstić information content (AvgIpc) is 3.09. The lowest BCUT2D eigenvalue weighted by Gasteiger charge is -2.28. The lowest BCUT2D eigenvalue weighted by Crippen LogP contribution is -2.42. The van der Waals surface area contributed by atoms with Gasteiger partial charge >= 0.3 is 12.2 Å². The van der Waals surface area contributed by atoms with Gasteiger partial charge in [0, 0.05) is 11.7 Å². The molecule has 126 valence electrons. The van der Waals surface area contributed by atoms with Gasteiger partial charge in [-0.2, -0.15) is 13.2 Å². The third-order valence-corrected chi connectivity index (χ3v) is 5.26. The number of nitrogens with one attached hydrogen (secondary N) is 2. The number of hydrogen-bond acceptors (Lipinski definition) is 1. The first kappa shape index (κ1) is 16.1. The van der Waals surface area contributed by atoms with Crippen molar-refractivity contribution >= 4 is 11.7 Å². The first-order valence-electron chi connectivity index (χ1n) is 8.07. The molecule has 1 aromatic rings. The Bertz CT molecular complexity index is 570. The van der Waals surface area contributed by atoms with Crippen LogP contribution in [0.5, 0.6) is 0 Å². The molecule has 1 aromatic carbocycles. The van der Waals surface area contributed by atoms with Gasteiger partial charge in [0.25, 0.3) is 0 Å². The van der Waals surface area contributed by atoms with Gasteiger partial charge in [-0.25, -0.2) is 4.79 Å². The van der Waals surface area contributed by atoms with Gasteiger partial charge in [0.05, 0.1) is 5.56 Å². The van der Waals surface area contributed by atoms with E-state index in [2.05, 4.69) is 10.6 Å². The van der Waals surface area contributed by atoms with Crippen LogP contribution < -0.4 is 10.6 Å². The maximum atomic E-state index is 12.5. The van der Waals surface area contributed by atoms with Gasteiger partial charge in [-0.15, -0.1) is 0 Å². The molecule has 2 saturated carbocycles. The molecule has 2 N–H and O–H groups in total. The van der Waals surface area contributed by atoms with Crippen LogP contribution in [-0.4, -0.2) is 12.1 Å². The molecule has 0 saturated heterocycles. The maximum absolute atomic E-state index is 12.5. The van der Waals surface area contributed by atoms with Crippen molar-refractivity contribution in [2.45, 2.75) is 44.8 Å². The number of anilines is 1. The summed E-state index contributed by atoms with van der Waals surface area (Å²) in [4.78, 5) is 12.0. The van der Waals surface area contributed by atoms with Crippen molar-refractivity contribution in [3.63, 3.8) is 0 Å². The van der Waals surface area contributed by atoms with Gasteiger partial charge in [0.2, 0.25) is 0 Å². The zero-order chi connectivity index (χ0) is 16.6. The molecule has 23 heavy (non-hydrogen) atoms. The number of carbonyl (C=O) groups is 1. The van der Waals surface area contributed by atoms with Crippen LogP contribution in [0, 0.1) is 17.8 Å². The smallest absolute Gasteiger partial charge is 0.335 e. The Morgan fingerprint density at radius 2 is 1.87 bits per heavy atom. The molecule has 0 aliphatic heterocycles. The molecule has 3 nitrogen and oxygen atoms in total. The van der Waals surface area contributed by atoms with Crippen molar-refractivity contribution in [3.8, 4) is 0 Å². The number of carbonyl (C=O) groups excluding carboxylic acids is 1. The van der Waals surface area contributed by atoms with E-state index in [4.69, 9.17) is 0 Å². The standard InChI is InChI=1S/C17H21F3N2O/c1-10(15-9-11-2-3-12(15)8-11)21-16(23)22-14-6-4-13(5-7-14)17(18,19)20/h4-7,10-12,15H,2-3,8-9H2,1H3,(H2,21,22,23). The lowest BCUT2D eigenvalue weighted by atomic mass is 9.84. The van der Waals surface area contributed by atoms with E-state index in [1.807, 2.05) is 6.92 Å². The van der Waals surface area contributed by atoms with Crippen LogP contribution in [0.1, 0.15) is 38.2 Å². The van der Waals surface area contributed by atoms with Gasteiger partial charge in [0.1, 0.15) is 0 Å². The van der Waals surface area contributed by atoms with Crippen molar-refractivity contribution in [1.82, 2.24) is 5.32 Å². The van der Waals surface area contributed by atoms with E-state index in [0.29, 0.717) is 17.5 Å². The highest BCUT2D eigenvalue weighted by Gasteiger charge is 2.42. The van der Waals surface area contributed by atoms with Crippen LogP contribution in [0.4, 0.5) is 23.7 Å². The SMILES string of the molecule is CC(NC(=O)Nc1ccc(C(F)(F)F)cc1)C1CC2CCC1C2. The zero-order valence-corrected chi connectivity index (χ0v) is 13.0. The van der Waals surface area contributed by atoms with E-state index in [9.17, 15) is 18.0 Å². The van der Waals surface area contributed by atoms with Crippen LogP contribution in [0.25, 0.3) is 0 Å². The van der Waals surface area contributed by atoms with Crippen molar-refractivity contribution in [1.29, 1.82) is 0 Å². The fourth-order valence-electron chi connectivity index (χ4n) is 4.13. The number of halogens is 3. The lowest BCUT2D eigenvalue weighted by molar-refractivity contribution is -0.137. The van der Waals surface area contributed by atoms with E-state index in [1.165, 1.54) is 37.8 Å². The molecular formula is C17H21F3N2O. The summed E-state index contributed by atoms with van der Waals surface area (Å²) in [5, 5.41) is 5.53. The number of rotatable bonds is 3. The van der Waals surface area contributed by atoms with E-state index in [0.717, 1.165) is 18.1 Å².